The van der Waals surface area contributed by atoms with Gasteiger partial charge in [0.1, 0.15) is 12.4 Å². The predicted octanol–water partition coefficient (Wildman–Crippen LogP) is 5.14. The van der Waals surface area contributed by atoms with Gasteiger partial charge < -0.3 is 10.1 Å². The van der Waals surface area contributed by atoms with Gasteiger partial charge in [-0.05, 0) is 65.2 Å². The van der Waals surface area contributed by atoms with Crippen molar-refractivity contribution < 1.29 is 9.53 Å². The van der Waals surface area contributed by atoms with Crippen LogP contribution in [0.5, 0.6) is 5.75 Å². The van der Waals surface area contributed by atoms with Gasteiger partial charge in [0, 0.05) is 18.3 Å². The van der Waals surface area contributed by atoms with E-state index in [1.807, 2.05) is 55.1 Å². The Hall–Kier alpha value is -2.31. The van der Waals surface area contributed by atoms with E-state index in [4.69, 9.17) is 16.3 Å². The average molecular weight is 463 g/mol. The van der Waals surface area contributed by atoms with E-state index in [-0.39, 0.29) is 5.91 Å². The summed E-state index contributed by atoms with van der Waals surface area (Å²) in [6.07, 6.45) is 1.90. The van der Waals surface area contributed by atoms with Crippen LogP contribution in [0.4, 0.5) is 0 Å². The van der Waals surface area contributed by atoms with Gasteiger partial charge in [-0.15, -0.1) is 0 Å². The first-order valence-electron chi connectivity index (χ1n) is 8.94. The van der Waals surface area contributed by atoms with Crippen LogP contribution < -0.4 is 10.1 Å². The Labute approximate surface area is 177 Å². The molecule has 0 bridgehead atoms. The van der Waals surface area contributed by atoms with Crippen LogP contribution in [0.15, 0.2) is 53.1 Å². The fourth-order valence-corrected chi connectivity index (χ4v) is 3.25. The molecule has 0 aliphatic rings. The van der Waals surface area contributed by atoms with Gasteiger partial charge in [-0.25, -0.2) is 0 Å². The Balaban J connectivity index is 1.56. The lowest BCUT2D eigenvalue weighted by Gasteiger charge is -2.10. The second kappa shape index (κ2) is 9.26. The third-order valence-corrected chi connectivity index (χ3v) is 5.20. The summed E-state index contributed by atoms with van der Waals surface area (Å²) in [6.45, 7) is 5.53. The van der Waals surface area contributed by atoms with E-state index < -0.39 is 0 Å². The number of hydrogen-bond acceptors (Lipinski definition) is 3. The highest BCUT2D eigenvalue weighted by molar-refractivity contribution is 9.10. The normalized spacial score (nSPS) is 10.7. The van der Waals surface area contributed by atoms with Crippen LogP contribution in [-0.4, -0.2) is 15.7 Å². The molecule has 0 saturated carbocycles. The van der Waals surface area contributed by atoms with Gasteiger partial charge >= 0.3 is 0 Å². The molecule has 0 radical (unpaired) electrons. The molecule has 0 fully saturated rings. The number of carbonyl (C=O) groups is 1. The number of nitrogens with one attached hydrogen (secondary N) is 1. The third kappa shape index (κ3) is 5.14. The largest absolute Gasteiger partial charge is 0.487 e. The fourth-order valence-electron chi connectivity index (χ4n) is 2.62. The molecule has 3 aromatic rings. The zero-order valence-corrected chi connectivity index (χ0v) is 18.0. The molecule has 3 rings (SSSR count). The number of nitrogens with zero attached hydrogens (tertiary/aromatic N) is 2. The number of benzene rings is 2. The van der Waals surface area contributed by atoms with Gasteiger partial charge in [0.05, 0.1) is 21.7 Å². The van der Waals surface area contributed by atoms with Crippen LogP contribution in [0.25, 0.3) is 0 Å². The Morgan fingerprint density at radius 1 is 1.25 bits per heavy atom. The SMILES string of the molecule is CCn1cc(Br)c(CNC(=O)c2ccc(COc3cc(C)ccc3Cl)cc2)n1. The lowest BCUT2D eigenvalue weighted by molar-refractivity contribution is 0.0950. The molecular formula is C21H21BrClN3O2. The van der Waals surface area contributed by atoms with E-state index in [1.165, 1.54) is 0 Å². The van der Waals surface area contributed by atoms with Crippen LogP contribution in [0.3, 0.4) is 0 Å². The first kappa shape index (κ1) is 20.4. The molecule has 28 heavy (non-hydrogen) atoms. The number of ether oxygens (including phenoxy) is 1. The second-order valence-electron chi connectivity index (χ2n) is 6.38. The van der Waals surface area contributed by atoms with Crippen molar-refractivity contribution in [2.24, 2.45) is 0 Å². The van der Waals surface area contributed by atoms with Crippen LogP contribution in [0.2, 0.25) is 5.02 Å². The van der Waals surface area contributed by atoms with Crippen LogP contribution in [0, 0.1) is 6.92 Å². The maximum absolute atomic E-state index is 12.4. The van der Waals surface area contributed by atoms with Gasteiger partial charge in [-0.2, -0.15) is 5.10 Å². The molecule has 0 spiro atoms. The standard InChI is InChI=1S/C21H21BrClN3O2/c1-3-26-12-17(22)19(25-26)11-24-21(27)16-7-5-15(6-8-16)13-28-20-10-14(2)4-9-18(20)23/h4-10,12H,3,11,13H2,1-2H3,(H,24,27). The van der Waals surface area contributed by atoms with Crippen LogP contribution >= 0.6 is 27.5 Å². The molecule has 0 aliphatic carbocycles. The predicted molar refractivity (Wildman–Crippen MR) is 114 cm³/mol. The zero-order chi connectivity index (χ0) is 20.1. The zero-order valence-electron chi connectivity index (χ0n) is 15.7. The molecule has 0 unspecified atom stereocenters. The summed E-state index contributed by atoms with van der Waals surface area (Å²) in [5, 5.41) is 7.87. The van der Waals surface area contributed by atoms with E-state index >= 15 is 0 Å². The van der Waals surface area contributed by atoms with E-state index in [2.05, 4.69) is 26.3 Å². The number of hydrogen-bond donors (Lipinski definition) is 1. The number of carbonyl (C=O) groups excluding carboxylic acids is 1. The topological polar surface area (TPSA) is 56.2 Å². The van der Waals surface area contributed by atoms with Crippen molar-refractivity contribution in [2.75, 3.05) is 0 Å². The first-order valence-corrected chi connectivity index (χ1v) is 10.1. The second-order valence-corrected chi connectivity index (χ2v) is 7.64. The Kier molecular flexibility index (Phi) is 6.75. The minimum absolute atomic E-state index is 0.146. The fraction of sp³-hybridized carbons (Fsp3) is 0.238. The van der Waals surface area contributed by atoms with Crippen molar-refractivity contribution in [2.45, 2.75) is 33.5 Å². The lowest BCUT2D eigenvalue weighted by Crippen LogP contribution is -2.23. The molecule has 1 amide bonds. The molecular weight excluding hydrogens is 442 g/mol. The van der Waals surface area contributed by atoms with E-state index in [9.17, 15) is 4.79 Å². The third-order valence-electron chi connectivity index (χ3n) is 4.22. The number of amides is 1. The first-order chi connectivity index (χ1) is 13.5. The summed E-state index contributed by atoms with van der Waals surface area (Å²) >= 11 is 9.61. The highest BCUT2D eigenvalue weighted by Crippen LogP contribution is 2.26. The summed E-state index contributed by atoms with van der Waals surface area (Å²) in [4.78, 5) is 12.4. The molecule has 7 heteroatoms. The van der Waals surface area contributed by atoms with Gasteiger partial charge in [0.15, 0.2) is 0 Å². The summed E-state index contributed by atoms with van der Waals surface area (Å²) in [5.74, 6) is 0.507. The Morgan fingerprint density at radius 2 is 2.00 bits per heavy atom. The number of halogens is 2. The molecule has 1 N–H and O–H groups in total. The van der Waals surface area contributed by atoms with E-state index in [1.54, 1.807) is 12.1 Å². The van der Waals surface area contributed by atoms with Gasteiger partial charge in [0.25, 0.3) is 5.91 Å². The number of aryl methyl sites for hydroxylation is 2. The summed E-state index contributed by atoms with van der Waals surface area (Å²) < 4.78 is 8.49. The quantitative estimate of drug-likeness (QED) is 0.529. The molecule has 146 valence electrons. The molecule has 2 aromatic carbocycles. The monoisotopic (exact) mass is 461 g/mol. The highest BCUT2D eigenvalue weighted by atomic mass is 79.9. The maximum Gasteiger partial charge on any atom is 0.251 e. The lowest BCUT2D eigenvalue weighted by atomic mass is 10.1. The summed E-state index contributed by atoms with van der Waals surface area (Å²) in [5.41, 5.74) is 3.43. The molecule has 0 atom stereocenters. The van der Waals surface area contributed by atoms with Gasteiger partial charge in [0.2, 0.25) is 0 Å². The van der Waals surface area contributed by atoms with Crippen molar-refractivity contribution in [1.29, 1.82) is 0 Å². The molecule has 0 saturated heterocycles. The van der Waals surface area contributed by atoms with Gasteiger partial charge in [-0.1, -0.05) is 29.8 Å². The minimum Gasteiger partial charge on any atom is -0.487 e. The molecule has 1 aromatic heterocycles. The average Bonchev–Trinajstić information content (AvgIpc) is 3.07. The van der Waals surface area contributed by atoms with Crippen LogP contribution in [-0.2, 0) is 19.7 Å². The Morgan fingerprint density at radius 3 is 2.68 bits per heavy atom. The molecule has 5 nitrogen and oxygen atoms in total. The number of aromatic nitrogens is 2. The molecule has 1 heterocycles. The molecule has 0 aliphatic heterocycles. The van der Waals surface area contributed by atoms with Crippen LogP contribution in [0.1, 0.15) is 34.1 Å². The summed E-state index contributed by atoms with van der Waals surface area (Å²) in [7, 11) is 0. The smallest absolute Gasteiger partial charge is 0.251 e. The van der Waals surface area contributed by atoms with E-state index in [0.29, 0.717) is 29.5 Å². The van der Waals surface area contributed by atoms with Crippen molar-refractivity contribution in [3.8, 4) is 5.75 Å². The maximum atomic E-state index is 12.4. The number of rotatable bonds is 7. The van der Waals surface area contributed by atoms with Crippen molar-refractivity contribution in [3.05, 3.63) is 80.5 Å². The van der Waals surface area contributed by atoms with Crippen molar-refractivity contribution >= 4 is 33.4 Å². The van der Waals surface area contributed by atoms with Crippen molar-refractivity contribution in [1.82, 2.24) is 15.1 Å². The van der Waals surface area contributed by atoms with Gasteiger partial charge in [-0.3, -0.25) is 9.48 Å². The van der Waals surface area contributed by atoms with E-state index in [0.717, 1.165) is 27.8 Å². The minimum atomic E-state index is -0.146. The summed E-state index contributed by atoms with van der Waals surface area (Å²) in [6, 6.07) is 13.0. The highest BCUT2D eigenvalue weighted by Gasteiger charge is 2.10. The Bertz CT molecular complexity index is 970. The van der Waals surface area contributed by atoms with Crippen molar-refractivity contribution in [3.63, 3.8) is 0 Å².